The van der Waals surface area contributed by atoms with E-state index in [9.17, 15) is 0 Å². The third-order valence-corrected chi connectivity index (χ3v) is 12.1. The molecule has 0 aliphatic heterocycles. The molecule has 1 heterocycles. The van der Waals surface area contributed by atoms with Crippen molar-refractivity contribution in [3.05, 3.63) is 87.2 Å². The summed E-state index contributed by atoms with van der Waals surface area (Å²) < 4.78 is 0. The van der Waals surface area contributed by atoms with E-state index in [1.165, 1.54) is 162 Å². The summed E-state index contributed by atoms with van der Waals surface area (Å²) in [6.07, 6.45) is 30.2. The molecule has 51 heavy (non-hydrogen) atoms. The van der Waals surface area contributed by atoms with Crippen LogP contribution in [0, 0.1) is 0 Å². The van der Waals surface area contributed by atoms with E-state index in [0.29, 0.717) is 28.7 Å². The Morgan fingerprint density at radius 2 is 0.745 bits per heavy atom. The first-order valence-corrected chi connectivity index (χ1v) is 19.6. The van der Waals surface area contributed by atoms with Crippen molar-refractivity contribution < 1.29 is 54.3 Å². The van der Waals surface area contributed by atoms with Gasteiger partial charge in [-0.2, -0.15) is 0 Å². The van der Waals surface area contributed by atoms with Crippen LogP contribution < -0.4 is 37.2 Å². The molecule has 0 unspecified atom stereocenters. The maximum Gasteiger partial charge on any atom is 3.00 e. The van der Waals surface area contributed by atoms with Crippen molar-refractivity contribution >= 4 is 35.4 Å². The number of hydrogen-bond acceptors (Lipinski definition) is 3. The van der Waals surface area contributed by atoms with E-state index in [0.717, 1.165) is 11.4 Å². The van der Waals surface area contributed by atoms with Crippen LogP contribution >= 0.6 is 11.6 Å². The summed E-state index contributed by atoms with van der Waals surface area (Å²) in [6, 6.07) is 17.9. The third-order valence-electron chi connectivity index (χ3n) is 11.9. The first-order chi connectivity index (χ1) is 23.2. The molecule has 0 N–H and O–H groups in total. The van der Waals surface area contributed by atoms with Gasteiger partial charge in [-0.25, -0.2) is 4.98 Å². The Labute approximate surface area is 341 Å². The van der Waals surface area contributed by atoms with Crippen molar-refractivity contribution in [1.82, 2.24) is 4.98 Å². The van der Waals surface area contributed by atoms with E-state index in [4.69, 9.17) is 26.6 Å². The Balaban J connectivity index is 0.00000176. The van der Waals surface area contributed by atoms with E-state index in [-0.39, 0.29) is 54.3 Å². The quantitative estimate of drug-likeness (QED) is 0.245. The molecule has 0 spiro atoms. The molecule has 4 saturated carbocycles. The molecule has 3 aromatic rings. The summed E-state index contributed by atoms with van der Waals surface area (Å²) in [4.78, 5) is 15.6. The Morgan fingerprint density at radius 3 is 1.02 bits per heavy atom. The van der Waals surface area contributed by atoms with Crippen LogP contribution in [0.2, 0.25) is 5.02 Å². The number of rotatable bonds is 8. The third kappa shape index (κ3) is 11.3. The number of benzene rings is 2. The molecule has 1 radical (unpaired) electrons. The standard InChI is InChI=1S/C43H54ClN3.3ClH.Fe/c44-35-27-36(29-45-42-38(31-15-5-1-6-16-31)23-13-24-39(42)32-17-7-2-8-18-32)47-37(28-35)30-46-43-40(33-19-9-3-10-20-33)25-14-26-41(43)34-21-11-4-12-22-34;;;;/h13-14,23-34H,1-12,15-22H2;3*1H;/q;;;;+3/p-3. The molecule has 8 heteroatoms. The van der Waals surface area contributed by atoms with Crippen LogP contribution in [0.3, 0.4) is 0 Å². The molecule has 4 aliphatic carbocycles. The molecule has 277 valence electrons. The zero-order chi connectivity index (χ0) is 31.8. The van der Waals surface area contributed by atoms with Crippen LogP contribution in [0.4, 0.5) is 11.4 Å². The molecule has 7 rings (SSSR count). The predicted octanol–water partition coefficient (Wildman–Crippen LogP) is 4.44. The van der Waals surface area contributed by atoms with Gasteiger partial charge in [0, 0.05) is 5.02 Å². The molecule has 4 aliphatic rings. The van der Waals surface area contributed by atoms with Gasteiger partial charge in [0.2, 0.25) is 0 Å². The molecule has 4 fully saturated rings. The Kier molecular flexibility index (Phi) is 19.1. The van der Waals surface area contributed by atoms with Gasteiger partial charge in [0.1, 0.15) is 0 Å². The van der Waals surface area contributed by atoms with E-state index in [1.807, 2.05) is 24.6 Å². The predicted molar refractivity (Wildman–Crippen MR) is 200 cm³/mol. The van der Waals surface area contributed by atoms with E-state index >= 15 is 0 Å². The van der Waals surface area contributed by atoms with Gasteiger partial charge in [-0.15, -0.1) is 0 Å². The summed E-state index contributed by atoms with van der Waals surface area (Å²) in [5.74, 6) is 2.43. The molecule has 0 bridgehead atoms. The minimum Gasteiger partial charge on any atom is -1.00 e. The van der Waals surface area contributed by atoms with Crippen molar-refractivity contribution in [2.75, 3.05) is 0 Å². The normalized spacial score (nSPS) is 19.5. The van der Waals surface area contributed by atoms with Crippen molar-refractivity contribution in [2.24, 2.45) is 9.98 Å². The minimum atomic E-state index is 0. The summed E-state index contributed by atoms with van der Waals surface area (Å²) >= 11 is 6.76. The summed E-state index contributed by atoms with van der Waals surface area (Å²) in [5, 5.41) is 0.684. The van der Waals surface area contributed by atoms with Gasteiger partial charge in [0.05, 0.1) is 35.2 Å². The molecular formula is C43H54Cl4FeN3. The number of nitrogens with zero attached hydrogens (tertiary/aromatic N) is 3. The smallest absolute Gasteiger partial charge is 1.00 e. The molecule has 0 amide bonds. The fourth-order valence-corrected chi connectivity index (χ4v) is 9.59. The second-order valence-electron chi connectivity index (χ2n) is 15.1. The summed E-state index contributed by atoms with van der Waals surface area (Å²) in [5.41, 5.74) is 9.82. The van der Waals surface area contributed by atoms with Crippen molar-refractivity contribution in [2.45, 2.75) is 152 Å². The number of aromatic nitrogens is 1. The number of para-hydroxylation sites is 2. The topological polar surface area (TPSA) is 37.6 Å². The fraction of sp³-hybridized carbons (Fsp3) is 0.558. The minimum absolute atomic E-state index is 0. The zero-order valence-corrected chi connectivity index (χ0v) is 34.1. The average Bonchev–Trinajstić information content (AvgIpc) is 3.14. The van der Waals surface area contributed by atoms with E-state index < -0.39 is 0 Å². The molecule has 0 atom stereocenters. The van der Waals surface area contributed by atoms with Gasteiger partial charge in [0.25, 0.3) is 0 Å². The van der Waals surface area contributed by atoms with Gasteiger partial charge in [-0.3, -0.25) is 9.98 Å². The Hall–Kier alpha value is -1.39. The van der Waals surface area contributed by atoms with Crippen molar-refractivity contribution in [3.8, 4) is 0 Å². The first kappa shape index (κ1) is 44.0. The molecule has 2 aromatic carbocycles. The Morgan fingerprint density at radius 1 is 0.471 bits per heavy atom. The maximum absolute atomic E-state index is 6.76. The average molecular weight is 811 g/mol. The second kappa shape index (κ2) is 22.1. The monoisotopic (exact) mass is 808 g/mol. The van der Waals surface area contributed by atoms with Crippen LogP contribution in [-0.2, 0) is 17.1 Å². The largest absolute Gasteiger partial charge is 3.00 e. The van der Waals surface area contributed by atoms with Crippen LogP contribution in [0.15, 0.2) is 58.5 Å². The van der Waals surface area contributed by atoms with Crippen molar-refractivity contribution in [3.63, 3.8) is 0 Å². The van der Waals surface area contributed by atoms with Crippen LogP contribution in [-0.4, -0.2) is 17.4 Å². The van der Waals surface area contributed by atoms with Gasteiger partial charge >= 0.3 is 17.1 Å². The number of pyridine rings is 1. The van der Waals surface area contributed by atoms with Gasteiger partial charge in [-0.1, -0.05) is 125 Å². The van der Waals surface area contributed by atoms with E-state index in [1.54, 1.807) is 0 Å². The zero-order valence-electron chi connectivity index (χ0n) is 29.9. The number of halogens is 4. The van der Waals surface area contributed by atoms with Gasteiger partial charge < -0.3 is 37.2 Å². The van der Waals surface area contributed by atoms with E-state index in [2.05, 4.69) is 36.4 Å². The SMILES string of the molecule is Clc1cc(C=Nc2c(C3CCCCC3)cccc2C2CCCCC2)nc(C=Nc2c(C3CCCCC3)cccc2C2CCCCC2)c1.[Cl-].[Cl-].[Cl-].[Fe+3]. The second-order valence-corrected chi connectivity index (χ2v) is 15.5. The molecule has 1 aromatic heterocycles. The van der Waals surface area contributed by atoms with Crippen LogP contribution in [0.1, 0.15) is 186 Å². The van der Waals surface area contributed by atoms with Crippen molar-refractivity contribution in [1.29, 1.82) is 0 Å². The number of hydrogen-bond donors (Lipinski definition) is 0. The summed E-state index contributed by atoms with van der Waals surface area (Å²) in [7, 11) is 0. The van der Waals surface area contributed by atoms with Gasteiger partial charge in [0.15, 0.2) is 0 Å². The fourth-order valence-electron chi connectivity index (χ4n) is 9.36. The van der Waals surface area contributed by atoms with Crippen LogP contribution in [0.5, 0.6) is 0 Å². The first-order valence-electron chi connectivity index (χ1n) is 19.2. The molecular weight excluding hydrogens is 756 g/mol. The molecule has 0 saturated heterocycles. The maximum atomic E-state index is 6.76. The number of aliphatic imine (C=N–C) groups is 2. The molecule has 3 nitrogen and oxygen atoms in total. The van der Waals surface area contributed by atoms with Gasteiger partial charge in [-0.05, 0) is 109 Å². The van der Waals surface area contributed by atoms with Crippen LogP contribution in [0.25, 0.3) is 0 Å². The summed E-state index contributed by atoms with van der Waals surface area (Å²) in [6.45, 7) is 0. The Bertz CT molecular complexity index is 1370.